The van der Waals surface area contributed by atoms with Crippen molar-refractivity contribution in [3.63, 3.8) is 0 Å². The fourth-order valence-electron chi connectivity index (χ4n) is 1.85. The number of nitrogens with zero attached hydrogens (tertiary/aromatic N) is 1. The smallest absolute Gasteiger partial charge is 0.148 e. The van der Waals surface area contributed by atoms with Gasteiger partial charge in [0.25, 0.3) is 0 Å². The molecular weight excluding hydrogens is 186 g/mol. The van der Waals surface area contributed by atoms with Gasteiger partial charge in [-0.1, -0.05) is 0 Å². The van der Waals surface area contributed by atoms with Crippen LogP contribution in [0.4, 0.5) is 8.78 Å². The summed E-state index contributed by atoms with van der Waals surface area (Å²) in [7, 11) is 0. The monoisotopic (exact) mass is 194 g/mol. The minimum atomic E-state index is -0.794. The van der Waals surface area contributed by atoms with E-state index >= 15 is 0 Å². The zero-order valence-corrected chi connectivity index (χ0v) is 7.35. The summed E-state index contributed by atoms with van der Waals surface area (Å²) in [4.78, 5) is 0. The molecule has 14 heavy (non-hydrogen) atoms. The first-order valence-electron chi connectivity index (χ1n) is 4.31. The Kier molecular flexibility index (Phi) is 1.97. The van der Waals surface area contributed by atoms with Crippen molar-refractivity contribution in [2.24, 2.45) is 5.73 Å². The van der Waals surface area contributed by atoms with Crippen LogP contribution in [0, 0.1) is 23.0 Å². The van der Waals surface area contributed by atoms with E-state index in [0.717, 1.165) is 0 Å². The fourth-order valence-corrected chi connectivity index (χ4v) is 1.85. The normalized spacial score (nSPS) is 19.1. The Balaban J connectivity index is 2.72. The minimum Gasteiger partial charge on any atom is -0.324 e. The lowest BCUT2D eigenvalue weighted by Crippen LogP contribution is -2.09. The van der Waals surface area contributed by atoms with Crippen molar-refractivity contribution in [3.8, 4) is 6.07 Å². The summed E-state index contributed by atoms with van der Waals surface area (Å²) in [5, 5.41) is 8.55. The van der Waals surface area contributed by atoms with E-state index in [4.69, 9.17) is 11.0 Å². The van der Waals surface area contributed by atoms with Crippen LogP contribution in [0.2, 0.25) is 0 Å². The van der Waals surface area contributed by atoms with Gasteiger partial charge in [-0.05, 0) is 24.5 Å². The van der Waals surface area contributed by atoms with Crippen LogP contribution in [0.1, 0.15) is 29.2 Å². The molecule has 1 atom stereocenters. The number of rotatable bonds is 0. The zero-order chi connectivity index (χ0) is 10.3. The van der Waals surface area contributed by atoms with Gasteiger partial charge in [0.05, 0.1) is 0 Å². The molecule has 0 saturated carbocycles. The Bertz CT molecular complexity index is 435. The molecule has 0 aliphatic heterocycles. The van der Waals surface area contributed by atoms with E-state index in [2.05, 4.69) is 0 Å². The summed E-state index contributed by atoms with van der Waals surface area (Å²) in [5.74, 6) is -1.58. The molecule has 0 saturated heterocycles. The Morgan fingerprint density at radius 1 is 1.50 bits per heavy atom. The van der Waals surface area contributed by atoms with E-state index in [1.165, 1.54) is 12.1 Å². The minimum absolute atomic E-state index is 0.308. The molecule has 0 heterocycles. The average molecular weight is 194 g/mol. The first kappa shape index (κ1) is 9.10. The van der Waals surface area contributed by atoms with E-state index in [1.54, 1.807) is 0 Å². The Morgan fingerprint density at radius 3 is 2.86 bits per heavy atom. The van der Waals surface area contributed by atoms with Gasteiger partial charge in [-0.2, -0.15) is 5.26 Å². The number of aryl methyl sites for hydroxylation is 1. The molecule has 2 rings (SSSR count). The summed E-state index contributed by atoms with van der Waals surface area (Å²) in [6.07, 6.45) is 1.19. The largest absolute Gasteiger partial charge is 0.324 e. The first-order valence-corrected chi connectivity index (χ1v) is 4.31. The summed E-state index contributed by atoms with van der Waals surface area (Å²) >= 11 is 0. The molecule has 72 valence electrons. The molecule has 0 spiro atoms. The van der Waals surface area contributed by atoms with Crippen LogP contribution in [0.3, 0.4) is 0 Å². The number of fused-ring (bicyclic) bond motifs is 1. The van der Waals surface area contributed by atoms with Crippen LogP contribution < -0.4 is 5.73 Å². The number of nitriles is 1. The van der Waals surface area contributed by atoms with Crippen LogP contribution in [0.15, 0.2) is 6.07 Å². The maximum atomic E-state index is 13.5. The maximum Gasteiger partial charge on any atom is 0.148 e. The van der Waals surface area contributed by atoms with Crippen LogP contribution in [-0.2, 0) is 6.42 Å². The van der Waals surface area contributed by atoms with E-state index in [-0.39, 0.29) is 0 Å². The molecule has 1 aliphatic carbocycles. The van der Waals surface area contributed by atoms with Crippen molar-refractivity contribution in [1.29, 1.82) is 5.26 Å². The second kappa shape index (κ2) is 3.03. The molecule has 0 aromatic heterocycles. The number of halogens is 2. The van der Waals surface area contributed by atoms with E-state index in [1.807, 2.05) is 0 Å². The number of nitrogens with two attached hydrogens (primary N) is 1. The summed E-state index contributed by atoms with van der Waals surface area (Å²) in [6, 6.07) is 2.32. The van der Waals surface area contributed by atoms with Gasteiger partial charge >= 0.3 is 0 Å². The molecular formula is C10H8F2N2. The van der Waals surface area contributed by atoms with Gasteiger partial charge in [0.1, 0.15) is 23.3 Å². The van der Waals surface area contributed by atoms with Gasteiger partial charge in [-0.3, -0.25) is 0 Å². The maximum absolute atomic E-state index is 13.5. The average Bonchev–Trinajstić information content (AvgIpc) is 2.48. The number of hydrogen-bond acceptors (Lipinski definition) is 2. The number of benzene rings is 1. The van der Waals surface area contributed by atoms with Crippen LogP contribution in [-0.4, -0.2) is 0 Å². The predicted octanol–water partition coefficient (Wildman–Crippen LogP) is 1.78. The van der Waals surface area contributed by atoms with Gasteiger partial charge in [0, 0.05) is 11.6 Å². The molecule has 4 heteroatoms. The highest BCUT2D eigenvalue weighted by Crippen LogP contribution is 2.33. The van der Waals surface area contributed by atoms with Gasteiger partial charge in [-0.25, -0.2) is 8.78 Å². The quantitative estimate of drug-likeness (QED) is 0.684. The van der Waals surface area contributed by atoms with Gasteiger partial charge in [-0.15, -0.1) is 0 Å². The van der Waals surface area contributed by atoms with Crippen molar-refractivity contribution in [2.75, 3.05) is 0 Å². The van der Waals surface area contributed by atoms with Gasteiger partial charge < -0.3 is 5.73 Å². The lowest BCUT2D eigenvalue weighted by molar-refractivity contribution is 0.556. The van der Waals surface area contributed by atoms with E-state index in [0.29, 0.717) is 24.0 Å². The number of hydrogen-bond donors (Lipinski definition) is 1. The summed E-state index contributed by atoms with van der Waals surface area (Å²) in [6.45, 7) is 0. The second-order valence-corrected chi connectivity index (χ2v) is 3.38. The van der Waals surface area contributed by atoms with E-state index < -0.39 is 23.2 Å². The van der Waals surface area contributed by atoms with Crippen molar-refractivity contribution < 1.29 is 8.78 Å². The van der Waals surface area contributed by atoms with Crippen molar-refractivity contribution >= 4 is 0 Å². The standard InChI is InChI=1S/C10H8F2N2/c11-7-3-5-1-2-8(14)9(5)10(12)6(7)4-13/h3,8H,1-2,14H2/t8-/m1/s1. The molecule has 2 nitrogen and oxygen atoms in total. The second-order valence-electron chi connectivity index (χ2n) is 3.38. The Morgan fingerprint density at radius 2 is 2.21 bits per heavy atom. The Labute approximate surface area is 79.9 Å². The third kappa shape index (κ3) is 1.10. The molecule has 1 aliphatic rings. The van der Waals surface area contributed by atoms with Crippen molar-refractivity contribution in [3.05, 3.63) is 34.4 Å². The summed E-state index contributed by atoms with van der Waals surface area (Å²) < 4.78 is 26.7. The first-order chi connectivity index (χ1) is 6.65. The molecule has 0 radical (unpaired) electrons. The van der Waals surface area contributed by atoms with Gasteiger partial charge in [0.2, 0.25) is 0 Å². The lowest BCUT2D eigenvalue weighted by atomic mass is 10.0. The predicted molar refractivity (Wildman–Crippen MR) is 46.3 cm³/mol. The topological polar surface area (TPSA) is 49.8 Å². The molecule has 0 fully saturated rings. The fraction of sp³-hybridized carbons (Fsp3) is 0.300. The SMILES string of the molecule is N#Cc1c(F)cc2c(c1F)[C@H](N)CC2. The third-order valence-electron chi connectivity index (χ3n) is 2.55. The lowest BCUT2D eigenvalue weighted by Gasteiger charge is -2.07. The van der Waals surface area contributed by atoms with Crippen LogP contribution in [0.5, 0.6) is 0 Å². The van der Waals surface area contributed by atoms with E-state index in [9.17, 15) is 8.78 Å². The zero-order valence-electron chi connectivity index (χ0n) is 7.35. The van der Waals surface area contributed by atoms with Crippen molar-refractivity contribution in [2.45, 2.75) is 18.9 Å². The highest BCUT2D eigenvalue weighted by Gasteiger charge is 2.27. The molecule has 0 amide bonds. The molecule has 0 unspecified atom stereocenters. The molecule has 0 bridgehead atoms. The Hall–Kier alpha value is -1.47. The highest BCUT2D eigenvalue weighted by molar-refractivity contribution is 5.44. The van der Waals surface area contributed by atoms with Gasteiger partial charge in [0.15, 0.2) is 0 Å². The van der Waals surface area contributed by atoms with Crippen LogP contribution >= 0.6 is 0 Å². The van der Waals surface area contributed by atoms with Crippen LogP contribution in [0.25, 0.3) is 0 Å². The highest BCUT2D eigenvalue weighted by atomic mass is 19.1. The van der Waals surface area contributed by atoms with Crippen molar-refractivity contribution in [1.82, 2.24) is 0 Å². The molecule has 2 N–H and O–H groups in total. The third-order valence-corrected chi connectivity index (χ3v) is 2.55. The molecule has 1 aromatic carbocycles. The summed E-state index contributed by atoms with van der Waals surface area (Å²) in [5.41, 5.74) is 6.02. The molecule has 1 aromatic rings.